The molecule has 0 heterocycles. The highest BCUT2D eigenvalue weighted by Crippen LogP contribution is 2.23. The number of halogens is 1. The highest BCUT2D eigenvalue weighted by atomic mass is 79.9. The van der Waals surface area contributed by atoms with E-state index in [4.69, 9.17) is 4.74 Å². The molecule has 0 atom stereocenters. The standard InChI is InChI=1S/C22H16BrN3O5/c1-14-2-4-16(5-3-14)22(28)31-20-11-8-18(23)12-17(20)13-24-25-21(27)15-6-9-19(10-7-15)26(29)30/h2-13H,1H3,(H,25,27)/b24-13+. The highest BCUT2D eigenvalue weighted by Gasteiger charge is 2.12. The van der Waals surface area contributed by atoms with Crippen molar-refractivity contribution >= 4 is 39.7 Å². The third-order valence-electron chi connectivity index (χ3n) is 4.17. The fourth-order valence-corrected chi connectivity index (χ4v) is 2.90. The van der Waals surface area contributed by atoms with Crippen molar-refractivity contribution < 1.29 is 19.2 Å². The summed E-state index contributed by atoms with van der Waals surface area (Å²) in [6.07, 6.45) is 1.34. The Kier molecular flexibility index (Phi) is 6.88. The summed E-state index contributed by atoms with van der Waals surface area (Å²) in [5.74, 6) is -0.798. The quantitative estimate of drug-likeness (QED) is 0.181. The zero-order chi connectivity index (χ0) is 22.4. The Balaban J connectivity index is 1.71. The van der Waals surface area contributed by atoms with Gasteiger partial charge in [0.15, 0.2) is 0 Å². The van der Waals surface area contributed by atoms with Gasteiger partial charge in [-0.15, -0.1) is 0 Å². The molecule has 0 aromatic heterocycles. The smallest absolute Gasteiger partial charge is 0.343 e. The van der Waals surface area contributed by atoms with Gasteiger partial charge in [0, 0.05) is 27.7 Å². The molecule has 1 amide bonds. The lowest BCUT2D eigenvalue weighted by molar-refractivity contribution is -0.384. The van der Waals surface area contributed by atoms with Gasteiger partial charge in [-0.05, 0) is 49.4 Å². The molecule has 1 N–H and O–H groups in total. The van der Waals surface area contributed by atoms with Crippen LogP contribution in [-0.2, 0) is 0 Å². The van der Waals surface area contributed by atoms with Gasteiger partial charge < -0.3 is 4.74 Å². The number of carbonyl (C=O) groups excluding carboxylic acids is 2. The number of nitro groups is 1. The molecule has 0 aliphatic rings. The number of benzene rings is 3. The highest BCUT2D eigenvalue weighted by molar-refractivity contribution is 9.10. The lowest BCUT2D eigenvalue weighted by Gasteiger charge is -2.08. The predicted molar refractivity (Wildman–Crippen MR) is 118 cm³/mol. The minimum absolute atomic E-state index is 0.116. The molecular weight excluding hydrogens is 466 g/mol. The summed E-state index contributed by atoms with van der Waals surface area (Å²) in [4.78, 5) is 34.7. The van der Waals surface area contributed by atoms with Gasteiger partial charge in [-0.3, -0.25) is 14.9 Å². The maximum absolute atomic E-state index is 12.4. The molecule has 0 unspecified atom stereocenters. The van der Waals surface area contributed by atoms with Crippen LogP contribution < -0.4 is 10.2 Å². The zero-order valence-corrected chi connectivity index (χ0v) is 17.8. The van der Waals surface area contributed by atoms with Crippen LogP contribution in [0.2, 0.25) is 0 Å². The first-order valence-corrected chi connectivity index (χ1v) is 9.79. The Labute approximate surface area is 185 Å². The summed E-state index contributed by atoms with van der Waals surface area (Å²) in [5, 5.41) is 14.6. The minimum Gasteiger partial charge on any atom is -0.422 e. The van der Waals surface area contributed by atoms with Gasteiger partial charge in [-0.2, -0.15) is 5.10 Å². The number of hydrogen-bond acceptors (Lipinski definition) is 6. The predicted octanol–water partition coefficient (Wildman–Crippen LogP) is 4.65. The second-order valence-corrected chi connectivity index (χ2v) is 7.36. The number of carbonyl (C=O) groups is 2. The monoisotopic (exact) mass is 481 g/mol. The van der Waals surface area contributed by atoms with E-state index in [1.54, 1.807) is 30.3 Å². The number of hydrogen-bond donors (Lipinski definition) is 1. The molecule has 31 heavy (non-hydrogen) atoms. The SMILES string of the molecule is Cc1ccc(C(=O)Oc2ccc(Br)cc2/C=N/NC(=O)c2ccc([N+](=O)[O-])cc2)cc1. The van der Waals surface area contributed by atoms with Crippen LogP contribution in [-0.4, -0.2) is 23.0 Å². The van der Waals surface area contributed by atoms with E-state index in [1.807, 2.05) is 19.1 Å². The zero-order valence-electron chi connectivity index (χ0n) is 16.2. The van der Waals surface area contributed by atoms with Crippen molar-refractivity contribution in [2.24, 2.45) is 5.10 Å². The first-order chi connectivity index (χ1) is 14.8. The van der Waals surface area contributed by atoms with E-state index in [-0.39, 0.29) is 17.0 Å². The van der Waals surface area contributed by atoms with Crippen LogP contribution in [0, 0.1) is 17.0 Å². The summed E-state index contributed by atoms with van der Waals surface area (Å²) in [7, 11) is 0. The van der Waals surface area contributed by atoms with Crippen molar-refractivity contribution in [1.29, 1.82) is 0 Å². The van der Waals surface area contributed by atoms with Crippen LogP contribution >= 0.6 is 15.9 Å². The van der Waals surface area contributed by atoms with Crippen molar-refractivity contribution in [3.63, 3.8) is 0 Å². The van der Waals surface area contributed by atoms with Crippen LogP contribution in [0.3, 0.4) is 0 Å². The molecule has 3 aromatic carbocycles. The Morgan fingerprint density at radius 3 is 2.32 bits per heavy atom. The van der Waals surface area contributed by atoms with Crippen molar-refractivity contribution in [2.75, 3.05) is 0 Å². The molecule has 9 heteroatoms. The van der Waals surface area contributed by atoms with Gasteiger partial charge in [0.05, 0.1) is 16.7 Å². The van der Waals surface area contributed by atoms with Gasteiger partial charge in [0.2, 0.25) is 0 Å². The first kappa shape index (κ1) is 21.8. The molecule has 0 spiro atoms. The van der Waals surface area contributed by atoms with Crippen molar-refractivity contribution in [3.05, 3.63) is 104 Å². The summed E-state index contributed by atoms with van der Waals surface area (Å²) >= 11 is 3.35. The molecule has 0 saturated carbocycles. The van der Waals surface area contributed by atoms with Gasteiger partial charge >= 0.3 is 5.97 Å². The molecule has 3 aromatic rings. The molecule has 0 aliphatic heterocycles. The molecule has 0 fully saturated rings. The number of non-ortho nitro benzene ring substituents is 1. The Bertz CT molecular complexity index is 1160. The van der Waals surface area contributed by atoms with E-state index in [9.17, 15) is 19.7 Å². The third-order valence-corrected chi connectivity index (χ3v) is 4.67. The van der Waals surface area contributed by atoms with E-state index in [0.29, 0.717) is 11.1 Å². The molecule has 156 valence electrons. The van der Waals surface area contributed by atoms with Gasteiger partial charge in [-0.25, -0.2) is 10.2 Å². The van der Waals surface area contributed by atoms with E-state index in [2.05, 4.69) is 26.5 Å². The fourth-order valence-electron chi connectivity index (χ4n) is 2.52. The van der Waals surface area contributed by atoms with Gasteiger partial charge in [0.25, 0.3) is 11.6 Å². The Morgan fingerprint density at radius 1 is 1.03 bits per heavy atom. The van der Waals surface area contributed by atoms with E-state index in [0.717, 1.165) is 10.0 Å². The maximum atomic E-state index is 12.4. The molecule has 8 nitrogen and oxygen atoms in total. The van der Waals surface area contributed by atoms with Crippen LogP contribution in [0.25, 0.3) is 0 Å². The van der Waals surface area contributed by atoms with E-state index < -0.39 is 16.8 Å². The lowest BCUT2D eigenvalue weighted by atomic mass is 10.1. The molecular formula is C22H16BrN3O5. The first-order valence-electron chi connectivity index (χ1n) is 9.00. The molecule has 0 aliphatic carbocycles. The largest absolute Gasteiger partial charge is 0.422 e. The topological polar surface area (TPSA) is 111 Å². The van der Waals surface area contributed by atoms with Crippen LogP contribution in [0.1, 0.15) is 31.8 Å². The van der Waals surface area contributed by atoms with E-state index >= 15 is 0 Å². The van der Waals surface area contributed by atoms with Gasteiger partial charge in [-0.1, -0.05) is 33.6 Å². The van der Waals surface area contributed by atoms with Crippen LogP contribution in [0.15, 0.2) is 76.3 Å². The Hall–Kier alpha value is -3.85. The van der Waals surface area contributed by atoms with Crippen LogP contribution in [0.4, 0.5) is 5.69 Å². The second kappa shape index (κ2) is 9.77. The number of aryl methyl sites for hydroxylation is 1. The number of esters is 1. The fraction of sp³-hybridized carbons (Fsp3) is 0.0455. The summed E-state index contributed by atoms with van der Waals surface area (Å²) < 4.78 is 6.20. The van der Waals surface area contributed by atoms with Crippen molar-refractivity contribution in [2.45, 2.75) is 6.92 Å². The molecule has 3 rings (SSSR count). The van der Waals surface area contributed by atoms with E-state index in [1.165, 1.54) is 30.5 Å². The summed E-state index contributed by atoms with van der Waals surface area (Å²) in [6, 6.07) is 17.1. The number of rotatable bonds is 6. The van der Waals surface area contributed by atoms with Crippen molar-refractivity contribution in [3.8, 4) is 5.75 Å². The summed E-state index contributed by atoms with van der Waals surface area (Å²) in [5.41, 5.74) is 4.32. The molecule has 0 radical (unpaired) electrons. The minimum atomic E-state index is -0.549. The molecule has 0 saturated heterocycles. The normalized spacial score (nSPS) is 10.6. The number of amides is 1. The number of nitrogens with one attached hydrogen (secondary N) is 1. The van der Waals surface area contributed by atoms with Crippen molar-refractivity contribution in [1.82, 2.24) is 5.43 Å². The third kappa shape index (κ3) is 5.83. The van der Waals surface area contributed by atoms with Crippen LogP contribution in [0.5, 0.6) is 5.75 Å². The summed E-state index contributed by atoms with van der Waals surface area (Å²) in [6.45, 7) is 1.92. The lowest BCUT2D eigenvalue weighted by Crippen LogP contribution is -2.17. The number of nitro benzene ring substituents is 1. The average Bonchev–Trinajstić information content (AvgIpc) is 2.76. The number of nitrogens with zero attached hydrogens (tertiary/aromatic N) is 2. The number of hydrazone groups is 1. The second-order valence-electron chi connectivity index (χ2n) is 6.44. The van der Waals surface area contributed by atoms with Gasteiger partial charge in [0.1, 0.15) is 5.75 Å². The molecule has 0 bridgehead atoms. The maximum Gasteiger partial charge on any atom is 0.343 e. The average molecular weight is 482 g/mol. The number of ether oxygens (including phenoxy) is 1. The Morgan fingerprint density at radius 2 is 1.68 bits per heavy atom.